The van der Waals surface area contributed by atoms with Crippen LogP contribution in [0.4, 0.5) is 0 Å². The number of carbonyl (C=O) groups excluding carboxylic acids is 14. The fourth-order valence-corrected chi connectivity index (χ4v) is 16.7. The highest BCUT2D eigenvalue weighted by Gasteiger charge is 2.48. The number of allylic oxidation sites excluding steroid dienone is 2. The first-order valence-electron chi connectivity index (χ1n) is 40.2. The number of carbonyl (C=O) groups is 17. The van der Waals surface area contributed by atoms with E-state index in [-0.39, 0.29) is 99.4 Å². The first-order valence-corrected chi connectivity index (χ1v) is 42.6. The molecule has 14 amide bonds. The average molecular weight is 1650 g/mol. The minimum atomic E-state index is -2.00. The van der Waals surface area contributed by atoms with Gasteiger partial charge in [-0.25, -0.2) is 0 Å². The van der Waals surface area contributed by atoms with Crippen molar-refractivity contribution >= 4 is 124 Å². The lowest BCUT2D eigenvalue weighted by Crippen LogP contribution is -2.61. The monoisotopic (exact) mass is 1650 g/mol. The molecule has 115 heavy (non-hydrogen) atoms. The van der Waals surface area contributed by atoms with E-state index in [9.17, 15) is 73.2 Å². The molecule has 5 heterocycles. The van der Waals surface area contributed by atoms with Gasteiger partial charge >= 0.3 is 17.9 Å². The normalized spacial score (nSPS) is 25.6. The number of unbranched alkanes of at least 4 members (excludes halogenated alkanes) is 11. The van der Waals surface area contributed by atoms with Crippen molar-refractivity contribution in [1.82, 2.24) is 67.9 Å². The van der Waals surface area contributed by atoms with Crippen molar-refractivity contribution in [2.24, 2.45) is 11.7 Å². The smallest absolute Gasteiger partial charge is 0.305 e. The van der Waals surface area contributed by atoms with E-state index < -0.39 is 225 Å². The van der Waals surface area contributed by atoms with E-state index in [1.165, 1.54) is 48.3 Å². The first-order chi connectivity index (χ1) is 54.8. The van der Waals surface area contributed by atoms with Crippen LogP contribution in [-0.2, 0) is 93.0 Å². The Morgan fingerprint density at radius 1 is 0.522 bits per heavy atom. The van der Waals surface area contributed by atoms with Gasteiger partial charge in [0.2, 0.25) is 82.7 Å². The maximum atomic E-state index is 15.5. The summed E-state index contributed by atoms with van der Waals surface area (Å²) in [5.74, 6) is -19.1. The van der Waals surface area contributed by atoms with E-state index in [1.807, 2.05) is 0 Å². The highest BCUT2D eigenvalue weighted by atomic mass is 32.2. The van der Waals surface area contributed by atoms with Crippen molar-refractivity contribution in [2.45, 2.75) is 291 Å². The number of carboxylic acid groups (broad SMARTS) is 3. The Balaban J connectivity index is 1.44. The lowest BCUT2D eigenvalue weighted by Gasteiger charge is -2.34. The molecule has 35 nitrogen and oxygen atoms in total. The van der Waals surface area contributed by atoms with Gasteiger partial charge in [0.15, 0.2) is 0 Å². The summed E-state index contributed by atoms with van der Waals surface area (Å²) in [6.45, 7) is 5.31. The van der Waals surface area contributed by atoms with Crippen LogP contribution >= 0.6 is 23.5 Å². The van der Waals surface area contributed by atoms with Gasteiger partial charge in [0.25, 0.3) is 0 Å². The topological polar surface area (TPSA) is 527 Å². The molecule has 6 rings (SSSR count). The van der Waals surface area contributed by atoms with Gasteiger partial charge in [-0.05, 0) is 114 Å². The largest absolute Gasteiger partial charge is 0.481 e. The Morgan fingerprint density at radius 2 is 1.00 bits per heavy atom. The van der Waals surface area contributed by atoms with E-state index in [2.05, 4.69) is 72.2 Å². The van der Waals surface area contributed by atoms with Crippen LogP contribution in [0.5, 0.6) is 0 Å². The standard InChI is InChI=1S/C78H118N14O21S2/c1-5-6-7-8-9-10-11-12-13-14-15-16-17-18-19-28-62(95)81-50-38-60-74(109)84-52(29-32-61(79)94)69(104)88-57-45-115-43-49-25-21-20-24-48(49)42-114-44-56(71(106)85-54(37-46(2)3)76(111)91-36-23-27-59(91)78(113)92(60)41-50)87-68(103)51(30-33-64(97)98)82-63(96)40-80-75(110)67(47(4)93)89-70(105)53(31-34-65(99)100)83-73(108)58-26-22-35-90(58)77(112)55(39-66(101)102)86-72(57)107/h12-13,20-21,24-25,46-47,50-60,67,93H,5-11,14-19,22-23,26-45H2,1-4H3,(H2,79,94)(H,80,110)(H,81,95)(H,82,96)(H,83,108)(H,84,109)(H,85,106)(H,86,107)(H,87,103)(H,88,104)(H,89,105)(H,97,98)(H,99,100)(H,101,102)/b13-12-/t47-,50+,51+,52+,53+,54+,55-,56+,57+,58-,59-,60+,67+/m1/s1. The second kappa shape index (κ2) is 48.9. The first kappa shape index (κ1) is 94.5. The zero-order valence-electron chi connectivity index (χ0n) is 66.3. The molecular formula is C78H118N14O21S2. The third-order valence-corrected chi connectivity index (χ3v) is 22.9. The number of benzene rings is 1. The van der Waals surface area contributed by atoms with E-state index in [1.54, 1.807) is 38.1 Å². The molecule has 37 heteroatoms. The molecule has 1 aromatic carbocycles. The number of fused-ring (bicyclic) bond motifs is 9. The van der Waals surface area contributed by atoms with E-state index in [0.717, 1.165) is 73.9 Å². The van der Waals surface area contributed by atoms with Gasteiger partial charge in [-0.1, -0.05) is 109 Å². The second-order valence-corrected chi connectivity index (χ2v) is 32.6. The summed E-state index contributed by atoms with van der Waals surface area (Å²) in [5.41, 5.74) is 6.92. The van der Waals surface area contributed by atoms with Gasteiger partial charge in [-0.2, -0.15) is 23.5 Å². The van der Waals surface area contributed by atoms with E-state index in [4.69, 9.17) is 5.73 Å². The molecule has 5 aliphatic rings. The fourth-order valence-electron chi connectivity index (χ4n) is 14.6. The Labute approximate surface area is 678 Å². The number of rotatable bonds is 30. The number of amides is 14. The number of primary amides is 1. The molecule has 0 saturated carbocycles. The number of thioether (sulfide) groups is 2. The van der Waals surface area contributed by atoms with E-state index >= 15 is 28.8 Å². The zero-order chi connectivity index (χ0) is 84.3. The minimum Gasteiger partial charge on any atom is -0.481 e. The molecule has 3 fully saturated rings. The molecule has 2 bridgehead atoms. The van der Waals surface area contributed by atoms with Gasteiger partial charge in [0.05, 0.1) is 19.1 Å². The Hall–Kier alpha value is -9.39. The number of nitrogens with one attached hydrogen (secondary N) is 10. The molecule has 16 N–H and O–H groups in total. The maximum absolute atomic E-state index is 15.5. The number of hydrogen-bond acceptors (Lipinski definition) is 20. The van der Waals surface area contributed by atoms with Crippen molar-refractivity contribution < 1.29 is 102 Å². The SMILES string of the molecule is CCCCCCCC/C=C\CCCCCCCC(=O)N[C@H]1C[C@H]2C(=O)N[C@@H](CCC(N)=O)C(=O)N[C@H]3CSCc4ccccc4CSC[C@H](NC(=O)[C@H](CCC(=O)O)NC(=O)CNC(=O)[C@H]([C@@H](C)O)NC(=O)[C@H](CCC(=O)O)NC(=O)[C@H]4CCCN4C(=O)[C@@H](CC(=O)O)NC3=O)C(=O)N[C@@H](CC(C)C)C(=O)N3CCC[C@@H]3C(=O)N2C1. The molecule has 638 valence electrons. The number of aliphatic hydroxyl groups is 1. The summed E-state index contributed by atoms with van der Waals surface area (Å²) >= 11 is 2.17. The molecule has 0 aromatic heterocycles. The van der Waals surface area contributed by atoms with Crippen molar-refractivity contribution in [2.75, 3.05) is 37.7 Å². The summed E-state index contributed by atoms with van der Waals surface area (Å²) in [6, 6.07) is -12.2. The average Bonchev–Trinajstić information content (AvgIpc) is 1.63. The van der Waals surface area contributed by atoms with Crippen molar-refractivity contribution in [3.05, 3.63) is 47.5 Å². The van der Waals surface area contributed by atoms with Gasteiger partial charge in [-0.15, -0.1) is 0 Å². The number of hydrogen-bond donors (Lipinski definition) is 15. The minimum absolute atomic E-state index is 0.0196. The summed E-state index contributed by atoms with van der Waals surface area (Å²) < 4.78 is 0. The summed E-state index contributed by atoms with van der Waals surface area (Å²) in [7, 11) is 0. The number of carboxylic acids is 3. The number of aliphatic carboxylic acids is 3. The van der Waals surface area contributed by atoms with E-state index in [0.29, 0.717) is 17.5 Å². The Bertz CT molecular complexity index is 3610. The third kappa shape index (κ3) is 31.6. The van der Waals surface area contributed by atoms with Crippen LogP contribution in [0.15, 0.2) is 36.4 Å². The van der Waals surface area contributed by atoms with Crippen LogP contribution in [0.3, 0.4) is 0 Å². The lowest BCUT2D eigenvalue weighted by molar-refractivity contribution is -0.148. The summed E-state index contributed by atoms with van der Waals surface area (Å²) in [4.78, 5) is 244. The van der Waals surface area contributed by atoms with Crippen molar-refractivity contribution in [3.63, 3.8) is 0 Å². The zero-order valence-corrected chi connectivity index (χ0v) is 67.9. The predicted octanol–water partition coefficient (Wildman–Crippen LogP) is 1.18. The highest BCUT2D eigenvalue weighted by Crippen LogP contribution is 2.30. The molecule has 13 atom stereocenters. The van der Waals surface area contributed by atoms with Gasteiger partial charge in [-0.3, -0.25) is 81.5 Å². The predicted molar refractivity (Wildman–Crippen MR) is 424 cm³/mol. The Kier molecular flexibility index (Phi) is 40.1. The number of aliphatic hydroxyl groups excluding tert-OH is 1. The molecule has 0 spiro atoms. The molecule has 0 aliphatic carbocycles. The molecule has 1 aromatic rings. The van der Waals surface area contributed by atoms with Gasteiger partial charge in [0, 0.05) is 74.4 Å². The third-order valence-electron chi connectivity index (χ3n) is 20.7. The van der Waals surface area contributed by atoms with Crippen LogP contribution in [0, 0.1) is 5.92 Å². The van der Waals surface area contributed by atoms with Crippen LogP contribution in [0.2, 0.25) is 0 Å². The summed E-state index contributed by atoms with van der Waals surface area (Å²) in [5, 5.41) is 66.1. The van der Waals surface area contributed by atoms with Crippen molar-refractivity contribution in [3.8, 4) is 0 Å². The molecule has 0 radical (unpaired) electrons. The van der Waals surface area contributed by atoms with Crippen LogP contribution in [0.1, 0.15) is 212 Å². The fraction of sp³-hybridized carbons (Fsp3) is 0.679. The molecule has 0 unspecified atom stereocenters. The quantitative estimate of drug-likeness (QED) is 0.0380. The van der Waals surface area contributed by atoms with Gasteiger partial charge < -0.3 is 94.0 Å². The second-order valence-electron chi connectivity index (χ2n) is 30.5. The molecular weight excluding hydrogens is 1530 g/mol. The maximum Gasteiger partial charge on any atom is 0.305 e. The van der Waals surface area contributed by atoms with Crippen LogP contribution in [-0.4, -0.2) is 252 Å². The highest BCUT2D eigenvalue weighted by molar-refractivity contribution is 7.99. The summed E-state index contributed by atoms with van der Waals surface area (Å²) in [6.07, 6.45) is 11.5. The molecule has 3 saturated heterocycles. The lowest BCUT2D eigenvalue weighted by atomic mass is 10.0. The Morgan fingerprint density at radius 3 is 1.53 bits per heavy atom. The van der Waals surface area contributed by atoms with Crippen LogP contribution in [0.25, 0.3) is 0 Å². The van der Waals surface area contributed by atoms with Crippen molar-refractivity contribution in [1.29, 1.82) is 0 Å². The molecule has 5 aliphatic heterocycles. The number of nitrogens with two attached hydrogens (primary N) is 1. The van der Waals surface area contributed by atoms with Crippen LogP contribution < -0.4 is 58.9 Å². The van der Waals surface area contributed by atoms with Gasteiger partial charge in [0.1, 0.15) is 66.5 Å². The number of nitrogens with zero attached hydrogens (tertiary/aromatic N) is 3.